The summed E-state index contributed by atoms with van der Waals surface area (Å²) < 4.78 is 16.6. The first-order valence-electron chi connectivity index (χ1n) is 5.85. The molecule has 0 aliphatic carbocycles. The highest BCUT2D eigenvalue weighted by molar-refractivity contribution is 5.88. The largest absolute Gasteiger partial charge is 0.493 e. The molecule has 0 radical (unpaired) electrons. The molecule has 0 amide bonds. The molecular weight excluding hydrogens is 262 g/mol. The Balaban J connectivity index is 2.47. The van der Waals surface area contributed by atoms with E-state index in [0.29, 0.717) is 22.9 Å². The molecule has 1 aromatic carbocycles. The third kappa shape index (κ3) is 2.29. The SMILES string of the molecule is COC(=O)c1nnn(-c2ccc(OC)c(OC)c2)c1C. The molecule has 20 heavy (non-hydrogen) atoms. The molecular formula is C13H15N3O4. The summed E-state index contributed by atoms with van der Waals surface area (Å²) in [6.45, 7) is 1.74. The first-order valence-corrected chi connectivity index (χ1v) is 5.85. The first kappa shape index (κ1) is 13.9. The van der Waals surface area contributed by atoms with Crippen LogP contribution in [0.1, 0.15) is 16.2 Å². The molecule has 0 aliphatic rings. The lowest BCUT2D eigenvalue weighted by Crippen LogP contribution is -2.05. The monoisotopic (exact) mass is 277 g/mol. The minimum Gasteiger partial charge on any atom is -0.493 e. The molecule has 0 saturated heterocycles. The summed E-state index contributed by atoms with van der Waals surface area (Å²) in [7, 11) is 4.42. The molecule has 0 bridgehead atoms. The van der Waals surface area contributed by atoms with Crippen molar-refractivity contribution < 1.29 is 19.0 Å². The van der Waals surface area contributed by atoms with E-state index in [0.717, 1.165) is 0 Å². The zero-order chi connectivity index (χ0) is 14.7. The molecule has 0 saturated carbocycles. The number of hydrogen-bond donors (Lipinski definition) is 0. The van der Waals surface area contributed by atoms with Crippen LogP contribution in [0.2, 0.25) is 0 Å². The highest BCUT2D eigenvalue weighted by atomic mass is 16.5. The Morgan fingerprint density at radius 3 is 2.45 bits per heavy atom. The zero-order valence-corrected chi connectivity index (χ0v) is 11.7. The number of nitrogens with zero attached hydrogens (tertiary/aromatic N) is 3. The van der Waals surface area contributed by atoms with Crippen LogP contribution in [0.3, 0.4) is 0 Å². The van der Waals surface area contributed by atoms with Gasteiger partial charge in [-0.3, -0.25) is 0 Å². The standard InChI is InChI=1S/C13H15N3O4/c1-8-12(13(17)20-4)14-15-16(8)9-5-6-10(18-2)11(7-9)19-3/h5-7H,1-4H3. The van der Waals surface area contributed by atoms with Crippen molar-refractivity contribution in [1.29, 1.82) is 0 Å². The molecule has 0 aliphatic heterocycles. The van der Waals surface area contributed by atoms with E-state index in [1.807, 2.05) is 0 Å². The van der Waals surface area contributed by atoms with Crippen LogP contribution in [0.4, 0.5) is 0 Å². The van der Waals surface area contributed by atoms with Crippen molar-refractivity contribution in [1.82, 2.24) is 15.0 Å². The number of esters is 1. The Labute approximate surface area is 116 Å². The van der Waals surface area contributed by atoms with Crippen LogP contribution < -0.4 is 9.47 Å². The van der Waals surface area contributed by atoms with Crippen molar-refractivity contribution in [3.8, 4) is 17.2 Å². The van der Waals surface area contributed by atoms with E-state index < -0.39 is 5.97 Å². The van der Waals surface area contributed by atoms with Gasteiger partial charge in [-0.2, -0.15) is 0 Å². The predicted molar refractivity (Wildman–Crippen MR) is 70.5 cm³/mol. The fourth-order valence-corrected chi connectivity index (χ4v) is 1.82. The van der Waals surface area contributed by atoms with Gasteiger partial charge in [0.2, 0.25) is 0 Å². The fourth-order valence-electron chi connectivity index (χ4n) is 1.82. The molecule has 7 nitrogen and oxygen atoms in total. The molecule has 0 atom stereocenters. The smallest absolute Gasteiger partial charge is 0.360 e. The van der Waals surface area contributed by atoms with Crippen LogP contribution >= 0.6 is 0 Å². The van der Waals surface area contributed by atoms with Gasteiger partial charge in [0.25, 0.3) is 0 Å². The molecule has 1 heterocycles. The molecule has 106 valence electrons. The van der Waals surface area contributed by atoms with Gasteiger partial charge in [-0.15, -0.1) is 5.10 Å². The maximum atomic E-state index is 11.5. The van der Waals surface area contributed by atoms with Gasteiger partial charge in [0.1, 0.15) is 0 Å². The minimum absolute atomic E-state index is 0.183. The van der Waals surface area contributed by atoms with Crippen molar-refractivity contribution in [3.05, 3.63) is 29.6 Å². The quantitative estimate of drug-likeness (QED) is 0.786. The van der Waals surface area contributed by atoms with Crippen LogP contribution in [0, 0.1) is 6.92 Å². The number of benzene rings is 1. The number of hydrogen-bond acceptors (Lipinski definition) is 6. The van der Waals surface area contributed by atoms with E-state index in [9.17, 15) is 4.79 Å². The van der Waals surface area contributed by atoms with Gasteiger partial charge < -0.3 is 14.2 Å². The molecule has 0 spiro atoms. The highest BCUT2D eigenvalue weighted by Crippen LogP contribution is 2.29. The van der Waals surface area contributed by atoms with E-state index >= 15 is 0 Å². The molecule has 0 fully saturated rings. The maximum absolute atomic E-state index is 11.5. The van der Waals surface area contributed by atoms with Crippen molar-refractivity contribution in [2.75, 3.05) is 21.3 Å². The Hall–Kier alpha value is -2.57. The Bertz CT molecular complexity index is 637. The first-order chi connectivity index (χ1) is 9.62. The second kappa shape index (κ2) is 5.60. The average Bonchev–Trinajstić information content (AvgIpc) is 2.87. The summed E-state index contributed by atoms with van der Waals surface area (Å²) in [5.74, 6) is 0.663. The number of ether oxygens (including phenoxy) is 3. The van der Waals surface area contributed by atoms with E-state index in [1.165, 1.54) is 11.8 Å². The molecule has 0 N–H and O–H groups in total. The van der Waals surface area contributed by atoms with Crippen molar-refractivity contribution in [2.45, 2.75) is 6.92 Å². The Kier molecular flexibility index (Phi) is 3.88. The summed E-state index contributed by atoms with van der Waals surface area (Å²) in [6.07, 6.45) is 0. The van der Waals surface area contributed by atoms with Gasteiger partial charge in [-0.05, 0) is 19.1 Å². The second-order valence-corrected chi connectivity index (χ2v) is 3.97. The Morgan fingerprint density at radius 2 is 1.85 bits per heavy atom. The van der Waals surface area contributed by atoms with E-state index in [2.05, 4.69) is 15.0 Å². The van der Waals surface area contributed by atoms with Crippen LogP contribution in [-0.4, -0.2) is 42.3 Å². The van der Waals surface area contributed by atoms with E-state index in [1.54, 1.807) is 39.3 Å². The van der Waals surface area contributed by atoms with Gasteiger partial charge >= 0.3 is 5.97 Å². The number of carbonyl (C=O) groups is 1. The number of aromatic nitrogens is 3. The summed E-state index contributed by atoms with van der Waals surface area (Å²) in [5.41, 5.74) is 1.48. The van der Waals surface area contributed by atoms with E-state index in [4.69, 9.17) is 9.47 Å². The van der Waals surface area contributed by atoms with E-state index in [-0.39, 0.29) is 5.69 Å². The summed E-state index contributed by atoms with van der Waals surface area (Å²) >= 11 is 0. The number of rotatable bonds is 4. The van der Waals surface area contributed by atoms with Crippen LogP contribution in [0.15, 0.2) is 18.2 Å². The topological polar surface area (TPSA) is 75.5 Å². The normalized spacial score (nSPS) is 10.2. The lowest BCUT2D eigenvalue weighted by Gasteiger charge is -2.10. The molecule has 0 unspecified atom stereocenters. The predicted octanol–water partition coefficient (Wildman–Crippen LogP) is 1.38. The zero-order valence-electron chi connectivity index (χ0n) is 11.7. The number of carbonyl (C=O) groups excluding carboxylic acids is 1. The molecule has 2 rings (SSSR count). The maximum Gasteiger partial charge on any atom is 0.360 e. The second-order valence-electron chi connectivity index (χ2n) is 3.97. The summed E-state index contributed by atoms with van der Waals surface area (Å²) in [5, 5.41) is 7.78. The molecule has 1 aromatic heterocycles. The molecule has 7 heteroatoms. The van der Waals surface area contributed by atoms with Gasteiger partial charge in [0, 0.05) is 6.07 Å². The van der Waals surface area contributed by atoms with Gasteiger partial charge in [-0.1, -0.05) is 5.21 Å². The number of methoxy groups -OCH3 is 3. The third-order valence-corrected chi connectivity index (χ3v) is 2.89. The van der Waals surface area contributed by atoms with Gasteiger partial charge in [-0.25, -0.2) is 9.48 Å². The van der Waals surface area contributed by atoms with Crippen molar-refractivity contribution in [3.63, 3.8) is 0 Å². The van der Waals surface area contributed by atoms with Crippen molar-refractivity contribution >= 4 is 5.97 Å². The fraction of sp³-hybridized carbons (Fsp3) is 0.308. The van der Waals surface area contributed by atoms with Gasteiger partial charge in [0.05, 0.1) is 32.7 Å². The Morgan fingerprint density at radius 1 is 1.15 bits per heavy atom. The lowest BCUT2D eigenvalue weighted by atomic mass is 10.2. The van der Waals surface area contributed by atoms with Crippen LogP contribution in [0.5, 0.6) is 11.5 Å². The van der Waals surface area contributed by atoms with Crippen LogP contribution in [-0.2, 0) is 4.74 Å². The summed E-state index contributed by atoms with van der Waals surface area (Å²) in [6, 6.07) is 5.30. The lowest BCUT2D eigenvalue weighted by molar-refractivity contribution is 0.0593. The van der Waals surface area contributed by atoms with Gasteiger partial charge in [0.15, 0.2) is 17.2 Å². The van der Waals surface area contributed by atoms with Crippen LogP contribution in [0.25, 0.3) is 5.69 Å². The minimum atomic E-state index is -0.519. The summed E-state index contributed by atoms with van der Waals surface area (Å²) in [4.78, 5) is 11.5. The average molecular weight is 277 g/mol. The highest BCUT2D eigenvalue weighted by Gasteiger charge is 2.18. The van der Waals surface area contributed by atoms with Crippen molar-refractivity contribution in [2.24, 2.45) is 0 Å². The third-order valence-electron chi connectivity index (χ3n) is 2.89. The molecule has 2 aromatic rings.